The van der Waals surface area contributed by atoms with Crippen LogP contribution in [0, 0.1) is 0 Å². The molecule has 0 aliphatic heterocycles. The summed E-state index contributed by atoms with van der Waals surface area (Å²) in [4.78, 5) is 9.69. The first kappa shape index (κ1) is 6.43. The van der Waals surface area contributed by atoms with Crippen molar-refractivity contribution in [1.29, 1.82) is 0 Å². The van der Waals surface area contributed by atoms with Crippen molar-refractivity contribution in [1.82, 2.24) is 0 Å². The zero-order chi connectivity index (χ0) is 5.86. The van der Waals surface area contributed by atoms with Gasteiger partial charge in [-0.2, -0.15) is 0 Å². The highest BCUT2D eigenvalue weighted by Gasteiger charge is 1.95. The molecule has 0 aromatic heterocycles. The van der Waals surface area contributed by atoms with E-state index < -0.39 is 12.1 Å². The quantitative estimate of drug-likeness (QED) is 0.439. The fraction of sp³-hybridized carbons (Fsp3) is 0.750. The van der Waals surface area contributed by atoms with E-state index in [1.165, 1.54) is 14.0 Å². The molecule has 1 atom stereocenters. The molecule has 0 rings (SSSR count). The fourth-order valence-corrected chi connectivity index (χ4v) is 0.0962. The minimum atomic E-state index is -1.18. The number of carboxylic acids is 1. The number of ether oxygens (including phenoxy) is 1. The molecule has 0 aromatic carbocycles. The number of hydrogen-bond acceptors (Lipinski definition) is 3. The molecule has 3 nitrogen and oxygen atoms in total. The van der Waals surface area contributed by atoms with Gasteiger partial charge in [-0.3, -0.25) is 0 Å². The van der Waals surface area contributed by atoms with Crippen LogP contribution in [0.3, 0.4) is 0 Å². The third-order valence-electron chi connectivity index (χ3n) is 0.685. The van der Waals surface area contributed by atoms with Crippen molar-refractivity contribution < 1.29 is 14.6 Å². The third kappa shape index (κ3) is 2.17. The number of hydrogen-bond donors (Lipinski definition) is 0. The van der Waals surface area contributed by atoms with Gasteiger partial charge in [0.15, 0.2) is 0 Å². The summed E-state index contributed by atoms with van der Waals surface area (Å²) in [5.41, 5.74) is 0. The lowest BCUT2D eigenvalue weighted by Crippen LogP contribution is -2.34. The Bertz CT molecular complexity index is 69.3. The Kier molecular flexibility index (Phi) is 2.37. The topological polar surface area (TPSA) is 49.4 Å². The summed E-state index contributed by atoms with van der Waals surface area (Å²) in [6.45, 7) is 1.41. The Balaban J connectivity index is 3.34. The van der Waals surface area contributed by atoms with E-state index in [4.69, 9.17) is 0 Å². The summed E-state index contributed by atoms with van der Waals surface area (Å²) in [6, 6.07) is 0. The summed E-state index contributed by atoms with van der Waals surface area (Å²) >= 11 is 0. The molecular formula is C4H7O3-. The van der Waals surface area contributed by atoms with E-state index in [9.17, 15) is 9.90 Å². The van der Waals surface area contributed by atoms with Crippen LogP contribution in [0.25, 0.3) is 0 Å². The normalized spacial score (nSPS) is 13.4. The van der Waals surface area contributed by atoms with Gasteiger partial charge in [-0.15, -0.1) is 0 Å². The lowest BCUT2D eigenvalue weighted by atomic mass is 10.4. The van der Waals surface area contributed by atoms with Crippen LogP contribution in [0.1, 0.15) is 6.92 Å². The van der Waals surface area contributed by atoms with Gasteiger partial charge in [0.05, 0.1) is 12.1 Å². The molecule has 0 aliphatic carbocycles. The maximum Gasteiger partial charge on any atom is 0.0936 e. The van der Waals surface area contributed by atoms with Crippen LogP contribution in [0.15, 0.2) is 0 Å². The standard InChI is InChI=1S/C4H8O3/c1-3(7-2)4(5)6/h3H,1-2H3,(H,5,6)/p-1/t3-/m1/s1. The molecule has 3 heteroatoms. The largest absolute Gasteiger partial charge is 0.547 e. The van der Waals surface area contributed by atoms with Gasteiger partial charge in [-0.05, 0) is 6.92 Å². The molecule has 0 heterocycles. The minimum Gasteiger partial charge on any atom is -0.547 e. The molecular weight excluding hydrogens is 96.0 g/mol. The zero-order valence-corrected chi connectivity index (χ0v) is 4.30. The molecule has 0 N–H and O–H groups in total. The first-order valence-electron chi connectivity index (χ1n) is 1.92. The Labute approximate surface area is 41.9 Å². The molecule has 0 saturated carbocycles. The predicted molar refractivity (Wildman–Crippen MR) is 21.5 cm³/mol. The molecule has 0 bridgehead atoms. The smallest absolute Gasteiger partial charge is 0.0936 e. The lowest BCUT2D eigenvalue weighted by Gasteiger charge is -2.07. The van der Waals surface area contributed by atoms with Crippen LogP contribution < -0.4 is 5.11 Å². The Morgan fingerprint density at radius 3 is 2.29 bits per heavy atom. The Morgan fingerprint density at radius 1 is 1.86 bits per heavy atom. The van der Waals surface area contributed by atoms with E-state index in [-0.39, 0.29) is 0 Å². The van der Waals surface area contributed by atoms with Gasteiger partial charge < -0.3 is 14.6 Å². The number of rotatable bonds is 2. The van der Waals surface area contributed by atoms with Crippen LogP contribution in [-0.4, -0.2) is 19.2 Å². The third-order valence-corrected chi connectivity index (χ3v) is 0.685. The van der Waals surface area contributed by atoms with E-state index >= 15 is 0 Å². The average Bonchev–Trinajstić information content (AvgIpc) is 1.65. The van der Waals surface area contributed by atoms with E-state index in [1.807, 2.05) is 0 Å². The van der Waals surface area contributed by atoms with Crippen molar-refractivity contribution in [2.75, 3.05) is 7.11 Å². The minimum absolute atomic E-state index is 0.792. The van der Waals surface area contributed by atoms with Crippen LogP contribution in [0.2, 0.25) is 0 Å². The molecule has 0 fully saturated rings. The number of carbonyl (C=O) groups is 1. The Hall–Kier alpha value is -0.570. The highest BCUT2D eigenvalue weighted by molar-refractivity contribution is 5.69. The molecule has 0 spiro atoms. The molecule has 0 aromatic rings. The van der Waals surface area contributed by atoms with Crippen LogP contribution in [-0.2, 0) is 9.53 Å². The Morgan fingerprint density at radius 2 is 2.29 bits per heavy atom. The second-order valence-corrected chi connectivity index (χ2v) is 1.20. The predicted octanol–water partition coefficient (Wildman–Crippen LogP) is -1.23. The van der Waals surface area contributed by atoms with Gasteiger partial charge in [-0.25, -0.2) is 0 Å². The highest BCUT2D eigenvalue weighted by Crippen LogP contribution is 1.80. The first-order valence-corrected chi connectivity index (χ1v) is 1.92. The fourth-order valence-electron chi connectivity index (χ4n) is 0.0962. The maximum atomic E-state index is 9.69. The van der Waals surface area contributed by atoms with Crippen LogP contribution in [0.4, 0.5) is 0 Å². The zero-order valence-electron chi connectivity index (χ0n) is 4.30. The number of carboxylic acid groups (broad SMARTS) is 1. The SMILES string of the molecule is CO[C@H](C)C(=O)[O-]. The summed E-state index contributed by atoms with van der Waals surface area (Å²) < 4.78 is 4.35. The van der Waals surface area contributed by atoms with Gasteiger partial charge in [0.1, 0.15) is 0 Å². The van der Waals surface area contributed by atoms with Crippen LogP contribution >= 0.6 is 0 Å². The first-order chi connectivity index (χ1) is 3.18. The number of methoxy groups -OCH3 is 1. The monoisotopic (exact) mass is 103 g/mol. The number of aliphatic carboxylic acids is 1. The van der Waals surface area contributed by atoms with E-state index in [0.29, 0.717) is 0 Å². The van der Waals surface area contributed by atoms with E-state index in [0.717, 1.165) is 0 Å². The molecule has 0 radical (unpaired) electrons. The molecule has 7 heavy (non-hydrogen) atoms. The second-order valence-electron chi connectivity index (χ2n) is 1.20. The van der Waals surface area contributed by atoms with E-state index in [1.54, 1.807) is 0 Å². The lowest BCUT2D eigenvalue weighted by molar-refractivity contribution is -0.315. The van der Waals surface area contributed by atoms with Crippen molar-refractivity contribution in [3.8, 4) is 0 Å². The molecule has 0 aliphatic rings. The van der Waals surface area contributed by atoms with Crippen molar-refractivity contribution in [2.24, 2.45) is 0 Å². The van der Waals surface area contributed by atoms with Crippen molar-refractivity contribution in [3.05, 3.63) is 0 Å². The molecule has 42 valence electrons. The average molecular weight is 103 g/mol. The number of carbonyl (C=O) groups excluding carboxylic acids is 1. The van der Waals surface area contributed by atoms with Gasteiger partial charge in [0.2, 0.25) is 0 Å². The summed E-state index contributed by atoms with van der Waals surface area (Å²) in [5, 5.41) is 9.69. The van der Waals surface area contributed by atoms with Crippen molar-refractivity contribution in [3.63, 3.8) is 0 Å². The van der Waals surface area contributed by atoms with Crippen molar-refractivity contribution in [2.45, 2.75) is 13.0 Å². The van der Waals surface area contributed by atoms with Gasteiger partial charge >= 0.3 is 0 Å². The molecule has 0 saturated heterocycles. The summed E-state index contributed by atoms with van der Waals surface area (Å²) in [5.74, 6) is -1.18. The highest BCUT2D eigenvalue weighted by atomic mass is 16.5. The van der Waals surface area contributed by atoms with Gasteiger partial charge in [0.25, 0.3) is 0 Å². The molecule has 0 unspecified atom stereocenters. The van der Waals surface area contributed by atoms with Crippen LogP contribution in [0.5, 0.6) is 0 Å². The summed E-state index contributed by atoms with van der Waals surface area (Å²) in [6.07, 6.45) is -0.792. The summed E-state index contributed by atoms with van der Waals surface area (Å²) in [7, 11) is 1.32. The van der Waals surface area contributed by atoms with Gasteiger partial charge in [-0.1, -0.05) is 0 Å². The maximum absolute atomic E-state index is 9.69. The van der Waals surface area contributed by atoms with Gasteiger partial charge in [0, 0.05) is 7.11 Å². The molecule has 0 amide bonds. The second kappa shape index (κ2) is 2.58. The van der Waals surface area contributed by atoms with Crippen molar-refractivity contribution >= 4 is 5.97 Å². The van der Waals surface area contributed by atoms with E-state index in [2.05, 4.69) is 4.74 Å².